The normalized spacial score (nSPS) is 19.5. The number of ether oxygens (including phenoxy) is 2. The summed E-state index contributed by atoms with van der Waals surface area (Å²) in [6.45, 7) is 1.41. The summed E-state index contributed by atoms with van der Waals surface area (Å²) in [5, 5.41) is 28.5. The van der Waals surface area contributed by atoms with Gasteiger partial charge in [0.05, 0.1) is 25.9 Å². The summed E-state index contributed by atoms with van der Waals surface area (Å²) in [6.07, 6.45) is 6.31. The number of aliphatic hydroxyl groups excluding tert-OH is 2. The lowest BCUT2D eigenvalue weighted by atomic mass is 9.82. The summed E-state index contributed by atoms with van der Waals surface area (Å²) in [7, 11) is 1.30. The number of pyridine rings is 1. The molecule has 12 heteroatoms. The second kappa shape index (κ2) is 19.7. The molecule has 3 amide bonds. The van der Waals surface area contributed by atoms with Crippen molar-refractivity contribution in [3.63, 3.8) is 0 Å². The van der Waals surface area contributed by atoms with Gasteiger partial charge in [-0.2, -0.15) is 0 Å². The van der Waals surface area contributed by atoms with Crippen molar-refractivity contribution >= 4 is 29.5 Å². The number of halogens is 1. The van der Waals surface area contributed by atoms with Crippen molar-refractivity contribution in [1.29, 1.82) is 0 Å². The second-order valence-corrected chi connectivity index (χ2v) is 13.4. The van der Waals surface area contributed by atoms with Crippen LogP contribution in [0.2, 0.25) is 5.02 Å². The number of nitrogens with one attached hydrogen (secondary N) is 2. The molecule has 5 atom stereocenters. The molecule has 1 aliphatic carbocycles. The first-order chi connectivity index (χ1) is 23.2. The topological polar surface area (TPSA) is 150 Å². The van der Waals surface area contributed by atoms with E-state index in [1.54, 1.807) is 17.2 Å². The molecule has 1 aromatic heterocycles. The summed E-state index contributed by atoms with van der Waals surface area (Å²) < 4.78 is 10.9. The van der Waals surface area contributed by atoms with Gasteiger partial charge in [-0.15, -0.1) is 0 Å². The minimum atomic E-state index is -1.60. The molecule has 2 unspecified atom stereocenters. The van der Waals surface area contributed by atoms with Gasteiger partial charge in [-0.25, -0.2) is 9.59 Å². The van der Waals surface area contributed by atoms with Crippen LogP contribution in [0, 0.1) is 11.8 Å². The number of aromatic nitrogens is 1. The molecule has 1 saturated carbocycles. The molecule has 0 radical (unpaired) electrons. The highest BCUT2D eigenvalue weighted by molar-refractivity contribution is 6.30. The maximum absolute atomic E-state index is 13.8. The van der Waals surface area contributed by atoms with Crippen LogP contribution in [0.25, 0.3) is 0 Å². The molecule has 4 rings (SSSR count). The monoisotopic (exact) mass is 686 g/mol. The van der Waals surface area contributed by atoms with Crippen LogP contribution in [0.15, 0.2) is 48.7 Å². The minimum Gasteiger partial charge on any atom is -0.453 e. The van der Waals surface area contributed by atoms with Crippen molar-refractivity contribution in [2.24, 2.45) is 11.8 Å². The van der Waals surface area contributed by atoms with Gasteiger partial charge in [0.1, 0.15) is 12.2 Å². The number of piperidine rings is 1. The van der Waals surface area contributed by atoms with E-state index in [2.05, 4.69) is 20.4 Å². The summed E-state index contributed by atoms with van der Waals surface area (Å²) in [4.78, 5) is 44.3. The third-order valence-corrected chi connectivity index (χ3v) is 9.71. The molecule has 0 bridgehead atoms. The van der Waals surface area contributed by atoms with Gasteiger partial charge in [0.2, 0.25) is 0 Å². The van der Waals surface area contributed by atoms with E-state index in [9.17, 15) is 24.6 Å². The van der Waals surface area contributed by atoms with Gasteiger partial charge >= 0.3 is 12.1 Å². The molecule has 1 saturated heterocycles. The van der Waals surface area contributed by atoms with Gasteiger partial charge < -0.3 is 35.2 Å². The highest BCUT2D eigenvalue weighted by atomic mass is 35.5. The first-order valence-electron chi connectivity index (χ1n) is 17.3. The molecule has 264 valence electrons. The number of aliphatic hydroxyl groups is 2. The number of carbonyl (C=O) groups excluding carboxylic acids is 3. The molecule has 2 aliphatic rings. The van der Waals surface area contributed by atoms with Crippen molar-refractivity contribution in [3.05, 3.63) is 64.9 Å². The van der Waals surface area contributed by atoms with Gasteiger partial charge in [0.15, 0.2) is 5.78 Å². The average molecular weight is 687 g/mol. The van der Waals surface area contributed by atoms with Crippen LogP contribution in [0.4, 0.5) is 9.59 Å². The zero-order valence-electron chi connectivity index (χ0n) is 27.9. The van der Waals surface area contributed by atoms with Crippen LogP contribution in [-0.2, 0) is 20.7 Å². The highest BCUT2D eigenvalue weighted by Gasteiger charge is 2.36. The van der Waals surface area contributed by atoms with Crippen LogP contribution in [-0.4, -0.2) is 89.6 Å². The lowest BCUT2D eigenvalue weighted by Crippen LogP contribution is -2.56. The van der Waals surface area contributed by atoms with E-state index in [1.165, 1.54) is 7.11 Å². The third kappa shape index (κ3) is 11.7. The Bertz CT molecular complexity index is 1300. The van der Waals surface area contributed by atoms with E-state index in [0.29, 0.717) is 43.3 Å². The molecule has 1 aromatic carbocycles. The maximum Gasteiger partial charge on any atom is 0.406 e. The number of hydrogen-bond acceptors (Lipinski definition) is 8. The Kier molecular flexibility index (Phi) is 15.4. The van der Waals surface area contributed by atoms with E-state index < -0.39 is 30.1 Å². The zero-order chi connectivity index (χ0) is 34.3. The predicted octanol–water partition coefficient (Wildman–Crippen LogP) is 5.22. The van der Waals surface area contributed by atoms with Gasteiger partial charge in [-0.05, 0) is 67.9 Å². The number of alkyl carbamates (subject to hydrolysis) is 1. The van der Waals surface area contributed by atoms with Crippen LogP contribution < -0.4 is 10.6 Å². The predicted molar refractivity (Wildman–Crippen MR) is 183 cm³/mol. The molecule has 1 aliphatic heterocycles. The Morgan fingerprint density at radius 1 is 1.06 bits per heavy atom. The number of methoxy groups -OCH3 is 1. The van der Waals surface area contributed by atoms with Gasteiger partial charge in [0.25, 0.3) is 0 Å². The third-order valence-electron chi connectivity index (χ3n) is 9.47. The van der Waals surface area contributed by atoms with Gasteiger partial charge in [0, 0.05) is 48.9 Å². The number of hydrogen-bond donors (Lipinski definition) is 4. The van der Waals surface area contributed by atoms with Crippen molar-refractivity contribution < 1.29 is 34.1 Å². The summed E-state index contributed by atoms with van der Waals surface area (Å²) in [5.74, 6) is -0.213. The van der Waals surface area contributed by atoms with E-state index in [4.69, 9.17) is 16.3 Å². The SMILES string of the molecule is COC(=O)NCCOC(c1cccc(Cl)c1)C1CCCN(C(=O)N[C@@H](CC2CCCCC2)[C@@H](O)[C@@H](O)C(=O)CCCc2ccccn2)C1. The van der Waals surface area contributed by atoms with E-state index in [-0.39, 0.29) is 37.6 Å². The standard InChI is InChI=1S/C36H51ClN4O7/c1-47-36(46)39-19-21-48-34(26-12-7-14-28(37)23-26)27-13-9-20-41(24-27)35(45)40-30(22-25-10-3-2-4-11-25)32(43)33(44)31(42)17-8-16-29-15-5-6-18-38-29/h5-7,12,14-15,18,23,25,27,30,32-34,43-44H,2-4,8-11,13,16-17,19-22,24H2,1H3,(H,39,46)(H,40,45)/t27?,30-,32+,33-,34?/m0/s1. The van der Waals surface area contributed by atoms with E-state index in [1.807, 2.05) is 36.4 Å². The Morgan fingerprint density at radius 2 is 1.88 bits per heavy atom. The first-order valence-corrected chi connectivity index (χ1v) is 17.7. The summed E-state index contributed by atoms with van der Waals surface area (Å²) in [6, 6.07) is 11.9. The zero-order valence-corrected chi connectivity index (χ0v) is 28.7. The lowest BCUT2D eigenvalue weighted by Gasteiger charge is -2.39. The van der Waals surface area contributed by atoms with Crippen LogP contribution in [0.5, 0.6) is 0 Å². The molecule has 2 heterocycles. The Hall–Kier alpha value is -3.25. The number of Topliss-reactive ketones (excluding diaryl/α,β-unsaturated/α-hetero) is 1. The van der Waals surface area contributed by atoms with Crippen molar-refractivity contribution in [2.75, 3.05) is 33.4 Å². The quantitative estimate of drug-likeness (QED) is 0.176. The second-order valence-electron chi connectivity index (χ2n) is 13.0. The van der Waals surface area contributed by atoms with Crippen LogP contribution >= 0.6 is 11.6 Å². The number of nitrogens with zero attached hydrogens (tertiary/aromatic N) is 2. The van der Waals surface area contributed by atoms with Crippen molar-refractivity contribution in [1.82, 2.24) is 20.5 Å². The molecular formula is C36H51ClN4O7. The number of carbonyl (C=O) groups is 3. The Labute approximate surface area is 288 Å². The van der Waals surface area contributed by atoms with Crippen LogP contribution in [0.3, 0.4) is 0 Å². The van der Waals surface area contributed by atoms with Crippen molar-refractivity contribution in [2.45, 2.75) is 95.0 Å². The summed E-state index contributed by atoms with van der Waals surface area (Å²) in [5.41, 5.74) is 1.74. The maximum atomic E-state index is 13.8. The lowest BCUT2D eigenvalue weighted by molar-refractivity contribution is -0.134. The molecular weight excluding hydrogens is 636 g/mol. The number of aryl methyl sites for hydroxylation is 1. The molecule has 4 N–H and O–H groups in total. The molecule has 0 spiro atoms. The Balaban J connectivity index is 1.41. The molecule has 2 fully saturated rings. The largest absolute Gasteiger partial charge is 0.453 e. The molecule has 2 aromatic rings. The van der Waals surface area contributed by atoms with Gasteiger partial charge in [-0.1, -0.05) is 61.9 Å². The van der Waals surface area contributed by atoms with Gasteiger partial charge in [-0.3, -0.25) is 9.78 Å². The number of urea groups is 1. The first kappa shape index (κ1) is 37.6. The number of rotatable bonds is 16. The number of ketones is 1. The number of benzene rings is 1. The average Bonchev–Trinajstić information content (AvgIpc) is 3.11. The van der Waals surface area contributed by atoms with Crippen LogP contribution in [0.1, 0.15) is 81.6 Å². The fourth-order valence-electron chi connectivity index (χ4n) is 6.90. The Morgan fingerprint density at radius 3 is 2.60 bits per heavy atom. The highest BCUT2D eigenvalue weighted by Crippen LogP contribution is 2.34. The minimum absolute atomic E-state index is 0.0610. The number of likely N-dealkylation sites (tertiary alicyclic amines) is 1. The van der Waals surface area contributed by atoms with E-state index in [0.717, 1.165) is 56.2 Å². The summed E-state index contributed by atoms with van der Waals surface area (Å²) >= 11 is 6.32. The van der Waals surface area contributed by atoms with Crippen molar-refractivity contribution in [3.8, 4) is 0 Å². The number of amides is 3. The molecule has 48 heavy (non-hydrogen) atoms. The fraction of sp³-hybridized carbons (Fsp3) is 0.611. The van der Waals surface area contributed by atoms with E-state index >= 15 is 0 Å². The molecule has 11 nitrogen and oxygen atoms in total. The smallest absolute Gasteiger partial charge is 0.406 e. The fourth-order valence-corrected chi connectivity index (χ4v) is 7.10.